The molecule has 20 heavy (non-hydrogen) atoms. The number of nitrogens with one attached hydrogen (secondary N) is 1. The molecule has 1 aromatic rings. The van der Waals surface area contributed by atoms with Crippen molar-refractivity contribution in [2.75, 3.05) is 12.3 Å². The molecule has 0 aromatic heterocycles. The summed E-state index contributed by atoms with van der Waals surface area (Å²) < 4.78 is 72.3. The Hall–Kier alpha value is -0.890. The molecule has 0 saturated heterocycles. The van der Waals surface area contributed by atoms with E-state index in [0.29, 0.717) is 25.1 Å². The van der Waals surface area contributed by atoms with Gasteiger partial charge >= 0.3 is 11.7 Å². The van der Waals surface area contributed by atoms with Crippen LogP contribution in [0.4, 0.5) is 26.3 Å². The first-order valence-corrected chi connectivity index (χ1v) is 6.74. The first-order valence-electron chi connectivity index (χ1n) is 5.76. The highest BCUT2D eigenvalue weighted by atomic mass is 32.2. The molecule has 0 fully saturated rings. The van der Waals surface area contributed by atoms with E-state index in [4.69, 9.17) is 0 Å². The van der Waals surface area contributed by atoms with Crippen LogP contribution < -0.4 is 5.32 Å². The lowest BCUT2D eigenvalue weighted by atomic mass is 10.1. The Morgan fingerprint density at radius 3 is 2.05 bits per heavy atom. The van der Waals surface area contributed by atoms with Gasteiger partial charge in [0.2, 0.25) is 0 Å². The molecule has 0 unspecified atom stereocenters. The molecule has 0 amide bonds. The van der Waals surface area contributed by atoms with E-state index in [9.17, 15) is 26.3 Å². The minimum atomic E-state index is -4.36. The van der Waals surface area contributed by atoms with E-state index in [2.05, 4.69) is 5.32 Å². The summed E-state index contributed by atoms with van der Waals surface area (Å²) in [5.74, 6) is -0.0382. The van der Waals surface area contributed by atoms with Gasteiger partial charge in [0, 0.05) is 12.3 Å². The maximum absolute atomic E-state index is 12.3. The predicted octanol–water partition coefficient (Wildman–Crippen LogP) is 4.44. The fourth-order valence-electron chi connectivity index (χ4n) is 1.43. The zero-order valence-electron chi connectivity index (χ0n) is 10.3. The van der Waals surface area contributed by atoms with Crippen molar-refractivity contribution in [2.24, 2.45) is 0 Å². The standard InChI is InChI=1S/C12H13F6NS/c13-11(14,15)10-4-2-9(3-5-10)8-19-6-1-7-20-12(16,17)18/h2-5,19H,1,6-8H2. The Morgan fingerprint density at radius 1 is 0.950 bits per heavy atom. The summed E-state index contributed by atoms with van der Waals surface area (Å²) in [6, 6.07) is 4.66. The van der Waals surface area contributed by atoms with Crippen molar-refractivity contribution in [3.05, 3.63) is 35.4 Å². The van der Waals surface area contributed by atoms with Crippen LogP contribution >= 0.6 is 11.8 Å². The highest BCUT2D eigenvalue weighted by Crippen LogP contribution is 2.30. The lowest BCUT2D eigenvalue weighted by molar-refractivity contribution is -0.137. The molecule has 0 heterocycles. The second-order valence-electron chi connectivity index (χ2n) is 4.02. The molecule has 1 aromatic carbocycles. The van der Waals surface area contributed by atoms with E-state index in [0.717, 1.165) is 12.1 Å². The van der Waals surface area contributed by atoms with Gasteiger partial charge in [0.1, 0.15) is 0 Å². The van der Waals surface area contributed by atoms with Gasteiger partial charge in [-0.2, -0.15) is 26.3 Å². The third-order valence-electron chi connectivity index (χ3n) is 2.37. The molecule has 0 bridgehead atoms. The van der Waals surface area contributed by atoms with Gasteiger partial charge in [-0.05, 0) is 30.7 Å². The molecule has 1 rings (SSSR count). The van der Waals surface area contributed by atoms with Crippen LogP contribution in [0.25, 0.3) is 0 Å². The average molecular weight is 317 g/mol. The van der Waals surface area contributed by atoms with Crippen molar-refractivity contribution in [2.45, 2.75) is 24.7 Å². The van der Waals surface area contributed by atoms with Crippen LogP contribution in [0.15, 0.2) is 24.3 Å². The summed E-state index contributed by atoms with van der Waals surface area (Å²) in [6.07, 6.45) is -4.02. The van der Waals surface area contributed by atoms with Crippen LogP contribution in [-0.2, 0) is 12.7 Å². The zero-order chi connectivity index (χ0) is 15.2. The Kier molecular flexibility index (Phi) is 6.19. The quantitative estimate of drug-likeness (QED) is 0.615. The topological polar surface area (TPSA) is 12.0 Å². The van der Waals surface area contributed by atoms with Crippen molar-refractivity contribution >= 4 is 11.8 Å². The van der Waals surface area contributed by atoms with Crippen molar-refractivity contribution in [1.82, 2.24) is 5.32 Å². The summed E-state index contributed by atoms with van der Waals surface area (Å²) in [5, 5.41) is 2.88. The van der Waals surface area contributed by atoms with Crippen LogP contribution in [0.1, 0.15) is 17.5 Å². The van der Waals surface area contributed by atoms with Gasteiger partial charge in [-0.3, -0.25) is 0 Å². The number of hydrogen-bond donors (Lipinski definition) is 1. The monoisotopic (exact) mass is 317 g/mol. The largest absolute Gasteiger partial charge is 0.441 e. The van der Waals surface area contributed by atoms with Gasteiger partial charge in [0.25, 0.3) is 0 Å². The summed E-state index contributed by atoms with van der Waals surface area (Å²) >= 11 is -0.0805. The number of benzene rings is 1. The Labute approximate surface area is 116 Å². The molecule has 1 nitrogen and oxygen atoms in total. The highest BCUT2D eigenvalue weighted by molar-refractivity contribution is 8.00. The molecule has 0 saturated carbocycles. The molecule has 0 aliphatic carbocycles. The van der Waals surface area contributed by atoms with Gasteiger partial charge in [-0.1, -0.05) is 23.9 Å². The second kappa shape index (κ2) is 7.21. The number of alkyl halides is 6. The molecular formula is C12H13F6NS. The first kappa shape index (κ1) is 17.2. The van der Waals surface area contributed by atoms with E-state index < -0.39 is 17.2 Å². The minimum Gasteiger partial charge on any atom is -0.313 e. The normalized spacial score (nSPS) is 12.7. The van der Waals surface area contributed by atoms with Crippen molar-refractivity contribution in [3.8, 4) is 0 Å². The Balaban J connectivity index is 2.23. The van der Waals surface area contributed by atoms with E-state index in [1.165, 1.54) is 12.1 Å². The van der Waals surface area contributed by atoms with Crippen LogP contribution in [0, 0.1) is 0 Å². The molecule has 0 atom stereocenters. The Bertz CT molecular complexity index is 398. The average Bonchev–Trinajstić information content (AvgIpc) is 2.32. The summed E-state index contributed by atoms with van der Waals surface area (Å²) in [6.45, 7) is 0.707. The lowest BCUT2D eigenvalue weighted by Crippen LogP contribution is -2.16. The van der Waals surface area contributed by atoms with Crippen LogP contribution in [0.2, 0.25) is 0 Å². The molecule has 1 N–H and O–H groups in total. The van der Waals surface area contributed by atoms with Gasteiger partial charge < -0.3 is 5.32 Å². The lowest BCUT2D eigenvalue weighted by Gasteiger charge is -2.09. The molecule has 0 aliphatic rings. The van der Waals surface area contributed by atoms with Crippen LogP contribution in [0.5, 0.6) is 0 Å². The number of hydrogen-bond acceptors (Lipinski definition) is 2. The first-order chi connectivity index (χ1) is 9.18. The smallest absolute Gasteiger partial charge is 0.313 e. The molecule has 0 spiro atoms. The van der Waals surface area contributed by atoms with Crippen molar-refractivity contribution in [1.29, 1.82) is 0 Å². The maximum atomic E-state index is 12.3. The third-order valence-corrected chi connectivity index (χ3v) is 3.19. The predicted molar refractivity (Wildman–Crippen MR) is 66.3 cm³/mol. The van der Waals surface area contributed by atoms with Gasteiger partial charge in [0.05, 0.1) is 5.56 Å². The van der Waals surface area contributed by atoms with Gasteiger partial charge in [-0.15, -0.1) is 0 Å². The SMILES string of the molecule is FC(F)(F)SCCCNCc1ccc(C(F)(F)F)cc1. The van der Waals surface area contributed by atoms with Crippen LogP contribution in [-0.4, -0.2) is 17.8 Å². The fraction of sp³-hybridized carbons (Fsp3) is 0.500. The maximum Gasteiger partial charge on any atom is 0.441 e. The Morgan fingerprint density at radius 2 is 1.55 bits per heavy atom. The minimum absolute atomic E-state index is 0.0382. The molecular weight excluding hydrogens is 304 g/mol. The molecule has 8 heteroatoms. The van der Waals surface area contributed by atoms with E-state index in [1.807, 2.05) is 0 Å². The summed E-state index contributed by atoms with van der Waals surface area (Å²) in [7, 11) is 0. The summed E-state index contributed by atoms with van der Waals surface area (Å²) in [5.41, 5.74) is -4.28. The molecule has 0 radical (unpaired) electrons. The number of thioether (sulfide) groups is 1. The number of rotatable bonds is 6. The highest BCUT2D eigenvalue weighted by Gasteiger charge is 2.30. The third kappa shape index (κ3) is 7.04. The van der Waals surface area contributed by atoms with E-state index in [-0.39, 0.29) is 17.5 Å². The van der Waals surface area contributed by atoms with Crippen LogP contribution in [0.3, 0.4) is 0 Å². The van der Waals surface area contributed by atoms with Crippen molar-refractivity contribution in [3.63, 3.8) is 0 Å². The molecule has 114 valence electrons. The second-order valence-corrected chi connectivity index (χ2v) is 5.18. The van der Waals surface area contributed by atoms with Gasteiger partial charge in [-0.25, -0.2) is 0 Å². The zero-order valence-corrected chi connectivity index (χ0v) is 11.1. The van der Waals surface area contributed by atoms with Crippen molar-refractivity contribution < 1.29 is 26.3 Å². The van der Waals surface area contributed by atoms with E-state index in [1.54, 1.807) is 0 Å². The van der Waals surface area contributed by atoms with Gasteiger partial charge in [0.15, 0.2) is 0 Å². The fourth-order valence-corrected chi connectivity index (χ4v) is 1.95. The molecule has 0 aliphatic heterocycles. The summed E-state index contributed by atoms with van der Waals surface area (Å²) in [4.78, 5) is 0. The number of halogens is 6. The van der Waals surface area contributed by atoms with E-state index >= 15 is 0 Å².